The molecule has 1 aliphatic heterocycles. The molecule has 1 aliphatic rings. The van der Waals surface area contributed by atoms with E-state index in [1.165, 1.54) is 21.8 Å². The molecule has 1 heterocycles. The van der Waals surface area contributed by atoms with E-state index in [9.17, 15) is 9.59 Å². The number of carbonyl (C=O) groups is 2. The number of amides is 2. The van der Waals surface area contributed by atoms with Crippen LogP contribution < -0.4 is 10.0 Å². The molecule has 0 saturated carbocycles. The van der Waals surface area contributed by atoms with Gasteiger partial charge in [-0.15, -0.1) is 0 Å². The molecular weight excluding hydrogens is 308 g/mol. The lowest BCUT2D eigenvalue weighted by Crippen LogP contribution is -2.41. The quantitative estimate of drug-likeness (QED) is 0.809. The third-order valence-electron chi connectivity index (χ3n) is 3.99. The number of anilines is 2. The number of para-hydroxylation sites is 2. The molecule has 0 aliphatic carbocycles. The molecule has 1 fully saturated rings. The first-order chi connectivity index (χ1) is 11.1. The zero-order valence-electron chi connectivity index (χ0n) is 13.0. The summed E-state index contributed by atoms with van der Waals surface area (Å²) in [6, 6.07) is 18.6. The fourth-order valence-electron chi connectivity index (χ4n) is 2.73. The summed E-state index contributed by atoms with van der Waals surface area (Å²) in [4.78, 5) is 25.9. The highest BCUT2D eigenvalue weighted by Gasteiger charge is 2.49. The van der Waals surface area contributed by atoms with Crippen LogP contribution >= 0.6 is 11.8 Å². The van der Waals surface area contributed by atoms with E-state index < -0.39 is 5.92 Å². The Labute approximate surface area is 140 Å². The number of thioether (sulfide) groups is 1. The maximum atomic E-state index is 13.0. The number of hydrazine groups is 1. The van der Waals surface area contributed by atoms with Gasteiger partial charge in [-0.1, -0.05) is 43.3 Å². The van der Waals surface area contributed by atoms with E-state index in [1.54, 1.807) is 0 Å². The molecule has 2 aromatic carbocycles. The number of carbonyl (C=O) groups excluding carboxylic acids is 2. The van der Waals surface area contributed by atoms with Crippen molar-refractivity contribution in [3.63, 3.8) is 0 Å². The van der Waals surface area contributed by atoms with Crippen LogP contribution in [0.4, 0.5) is 11.4 Å². The molecule has 1 saturated heterocycles. The van der Waals surface area contributed by atoms with Crippen LogP contribution in [0.1, 0.15) is 6.92 Å². The van der Waals surface area contributed by atoms with Crippen LogP contribution in [0.25, 0.3) is 0 Å². The highest BCUT2D eigenvalue weighted by atomic mass is 32.2. The van der Waals surface area contributed by atoms with Crippen molar-refractivity contribution in [2.75, 3.05) is 16.3 Å². The van der Waals surface area contributed by atoms with Crippen LogP contribution in [0.2, 0.25) is 0 Å². The van der Waals surface area contributed by atoms with Gasteiger partial charge >= 0.3 is 0 Å². The van der Waals surface area contributed by atoms with Gasteiger partial charge < -0.3 is 0 Å². The van der Waals surface area contributed by atoms with E-state index in [-0.39, 0.29) is 17.1 Å². The zero-order valence-corrected chi connectivity index (χ0v) is 13.9. The van der Waals surface area contributed by atoms with Crippen molar-refractivity contribution in [1.29, 1.82) is 0 Å². The minimum Gasteiger partial charge on any atom is -0.272 e. The second-order valence-electron chi connectivity index (χ2n) is 5.39. The molecule has 0 aromatic heterocycles. The van der Waals surface area contributed by atoms with Crippen molar-refractivity contribution in [3.05, 3.63) is 60.7 Å². The van der Waals surface area contributed by atoms with E-state index in [2.05, 4.69) is 0 Å². The summed E-state index contributed by atoms with van der Waals surface area (Å²) in [5.74, 6) is -1.01. The number of nitrogens with zero attached hydrogens (tertiary/aromatic N) is 2. The summed E-state index contributed by atoms with van der Waals surface area (Å²) in [6.45, 7) is 1.92. The molecule has 23 heavy (non-hydrogen) atoms. The molecule has 118 valence electrons. The molecule has 5 heteroatoms. The number of hydrogen-bond acceptors (Lipinski definition) is 3. The third-order valence-corrected chi connectivity index (χ3v) is 5.01. The van der Waals surface area contributed by atoms with Crippen LogP contribution in [0.15, 0.2) is 60.7 Å². The van der Waals surface area contributed by atoms with Gasteiger partial charge in [-0.2, -0.15) is 11.8 Å². The van der Waals surface area contributed by atoms with Crippen molar-refractivity contribution in [1.82, 2.24) is 0 Å². The second kappa shape index (κ2) is 6.46. The van der Waals surface area contributed by atoms with Crippen LogP contribution in [0.3, 0.4) is 0 Å². The van der Waals surface area contributed by atoms with Crippen molar-refractivity contribution < 1.29 is 9.59 Å². The Kier molecular flexibility index (Phi) is 4.39. The van der Waals surface area contributed by atoms with Gasteiger partial charge in [0.2, 0.25) is 0 Å². The second-order valence-corrected chi connectivity index (χ2v) is 6.60. The molecule has 0 radical (unpaired) electrons. The molecule has 0 bridgehead atoms. The van der Waals surface area contributed by atoms with Crippen molar-refractivity contribution in [3.8, 4) is 0 Å². The lowest BCUT2D eigenvalue weighted by Gasteiger charge is -2.27. The van der Waals surface area contributed by atoms with Gasteiger partial charge in [-0.25, -0.2) is 10.0 Å². The minimum absolute atomic E-state index is 0.0741. The lowest BCUT2D eigenvalue weighted by atomic mass is 10.1. The molecule has 4 nitrogen and oxygen atoms in total. The highest BCUT2D eigenvalue weighted by molar-refractivity contribution is 7.99. The average Bonchev–Trinajstić information content (AvgIpc) is 2.86. The van der Waals surface area contributed by atoms with E-state index in [0.717, 1.165) is 0 Å². The molecule has 0 spiro atoms. The molecule has 1 unspecified atom stereocenters. The van der Waals surface area contributed by atoms with Gasteiger partial charge in [-0.3, -0.25) is 9.59 Å². The monoisotopic (exact) mass is 326 g/mol. The maximum absolute atomic E-state index is 13.0. The van der Waals surface area contributed by atoms with Crippen molar-refractivity contribution in [2.45, 2.75) is 12.2 Å². The number of hydrogen-bond donors (Lipinski definition) is 0. The van der Waals surface area contributed by atoms with Crippen LogP contribution in [-0.4, -0.2) is 23.3 Å². The predicted octanol–water partition coefficient (Wildman–Crippen LogP) is 3.35. The molecule has 1 atom stereocenters. The Morgan fingerprint density at radius 3 is 1.57 bits per heavy atom. The van der Waals surface area contributed by atoms with E-state index in [1.807, 2.05) is 73.8 Å². The molecule has 2 amide bonds. The standard InChI is InChI=1S/C18H18N2O2S/c1-13(23-2)16-17(21)19(14-9-5-3-6-10-14)20(18(16)22)15-11-7-4-8-12-15/h3-13,16H,1-2H3. The summed E-state index contributed by atoms with van der Waals surface area (Å²) in [5, 5.41) is 2.92. The Bertz CT molecular complexity index is 648. The molecular formula is C18H18N2O2S. The maximum Gasteiger partial charge on any atom is 0.260 e. The summed E-state index contributed by atoms with van der Waals surface area (Å²) in [7, 11) is 0. The average molecular weight is 326 g/mol. The fourth-order valence-corrected chi connectivity index (χ4v) is 3.23. The molecule has 0 N–H and O–H groups in total. The van der Waals surface area contributed by atoms with Crippen LogP contribution in [0.5, 0.6) is 0 Å². The number of benzene rings is 2. The van der Waals surface area contributed by atoms with Gasteiger partial charge in [-0.05, 0) is 30.5 Å². The van der Waals surface area contributed by atoms with Gasteiger partial charge in [0, 0.05) is 5.25 Å². The van der Waals surface area contributed by atoms with Gasteiger partial charge in [0.25, 0.3) is 11.8 Å². The number of rotatable bonds is 4. The first kappa shape index (κ1) is 15.6. The van der Waals surface area contributed by atoms with Crippen LogP contribution in [-0.2, 0) is 9.59 Å². The van der Waals surface area contributed by atoms with Gasteiger partial charge in [0.05, 0.1) is 11.4 Å². The lowest BCUT2D eigenvalue weighted by molar-refractivity contribution is -0.126. The third kappa shape index (κ3) is 2.72. The summed E-state index contributed by atoms with van der Waals surface area (Å²) in [5.41, 5.74) is 1.40. The Morgan fingerprint density at radius 2 is 1.22 bits per heavy atom. The van der Waals surface area contributed by atoms with Crippen LogP contribution in [0, 0.1) is 5.92 Å². The normalized spacial score (nSPS) is 17.0. The molecule has 3 rings (SSSR count). The topological polar surface area (TPSA) is 40.6 Å². The zero-order chi connectivity index (χ0) is 16.4. The van der Waals surface area contributed by atoms with E-state index >= 15 is 0 Å². The van der Waals surface area contributed by atoms with Gasteiger partial charge in [0.1, 0.15) is 5.92 Å². The Morgan fingerprint density at radius 1 is 0.826 bits per heavy atom. The summed E-state index contributed by atoms with van der Waals surface area (Å²) in [6.07, 6.45) is 1.92. The Hall–Kier alpha value is -2.27. The van der Waals surface area contributed by atoms with E-state index in [0.29, 0.717) is 11.4 Å². The molecule has 2 aromatic rings. The van der Waals surface area contributed by atoms with Gasteiger partial charge in [0.15, 0.2) is 0 Å². The first-order valence-electron chi connectivity index (χ1n) is 7.46. The summed E-state index contributed by atoms with van der Waals surface area (Å²) < 4.78 is 0. The SMILES string of the molecule is CSC(C)C1C(=O)N(c2ccccc2)N(c2ccccc2)C1=O. The Balaban J connectivity index is 2.10. The first-order valence-corrected chi connectivity index (χ1v) is 8.74. The fraction of sp³-hybridized carbons (Fsp3) is 0.222. The van der Waals surface area contributed by atoms with E-state index in [4.69, 9.17) is 0 Å². The minimum atomic E-state index is -0.662. The van der Waals surface area contributed by atoms with Crippen molar-refractivity contribution >= 4 is 35.0 Å². The predicted molar refractivity (Wildman–Crippen MR) is 94.3 cm³/mol. The highest BCUT2D eigenvalue weighted by Crippen LogP contribution is 2.35. The van der Waals surface area contributed by atoms with Crippen molar-refractivity contribution in [2.24, 2.45) is 5.92 Å². The largest absolute Gasteiger partial charge is 0.272 e. The summed E-state index contributed by atoms with van der Waals surface area (Å²) >= 11 is 1.53. The smallest absolute Gasteiger partial charge is 0.260 e.